The van der Waals surface area contributed by atoms with Crippen molar-refractivity contribution in [1.82, 2.24) is 24.6 Å². The molecule has 3 heterocycles. The fourth-order valence-electron chi connectivity index (χ4n) is 3.94. The standard InChI is InChI=1S/C24H31FN5O7P/c1-14(2)35-22(32)15(3)29-38(33,37-17-9-7-6-8-10-17)34-12-19-20(31)24(5,25)23(36-19)30-13-27-18-11-26-16(4)28-21(18)30/h6-11,13-15,19-20,23,31H,12H2,1-5H3,(H,29,33)/t15?,19-,20-,23-,24-,38-/m1/s1. The van der Waals surface area contributed by atoms with Gasteiger partial charge >= 0.3 is 13.7 Å². The van der Waals surface area contributed by atoms with E-state index < -0.39 is 56.6 Å². The first-order valence-corrected chi connectivity index (χ1v) is 13.6. The molecule has 0 radical (unpaired) electrons. The second kappa shape index (κ2) is 11.0. The molecule has 38 heavy (non-hydrogen) atoms. The van der Waals surface area contributed by atoms with Gasteiger partial charge in [-0.05, 0) is 46.8 Å². The van der Waals surface area contributed by atoms with Gasteiger partial charge in [0.1, 0.15) is 35.3 Å². The minimum atomic E-state index is -4.25. The monoisotopic (exact) mass is 551 g/mol. The molecule has 0 spiro atoms. The van der Waals surface area contributed by atoms with E-state index in [-0.39, 0.29) is 5.75 Å². The number of halogens is 1. The van der Waals surface area contributed by atoms with Gasteiger partial charge in [-0.25, -0.2) is 23.9 Å². The van der Waals surface area contributed by atoms with Crippen LogP contribution in [-0.2, 0) is 23.4 Å². The van der Waals surface area contributed by atoms with Crippen LogP contribution in [0.25, 0.3) is 11.2 Å². The number of hydrogen-bond donors (Lipinski definition) is 2. The number of alkyl halides is 1. The third-order valence-corrected chi connectivity index (χ3v) is 7.48. The van der Waals surface area contributed by atoms with Gasteiger partial charge in [-0.3, -0.25) is 13.9 Å². The topological polar surface area (TPSA) is 147 Å². The van der Waals surface area contributed by atoms with Gasteiger partial charge in [0.05, 0.1) is 25.2 Å². The summed E-state index contributed by atoms with van der Waals surface area (Å²) in [6, 6.07) is 7.11. The number of carbonyl (C=O) groups is 1. The number of imidazole rings is 1. The third kappa shape index (κ3) is 6.02. The third-order valence-electron chi connectivity index (χ3n) is 5.84. The number of benzene rings is 1. The van der Waals surface area contributed by atoms with E-state index in [2.05, 4.69) is 20.0 Å². The lowest BCUT2D eigenvalue weighted by Gasteiger charge is -2.25. The lowest BCUT2D eigenvalue weighted by molar-refractivity contribution is -0.149. The van der Waals surface area contributed by atoms with Crippen molar-refractivity contribution >= 4 is 24.9 Å². The Labute approximate surface area is 219 Å². The highest BCUT2D eigenvalue weighted by molar-refractivity contribution is 7.52. The number of aromatic nitrogens is 4. The van der Waals surface area contributed by atoms with Crippen LogP contribution in [0.1, 0.15) is 39.7 Å². The number of ether oxygens (including phenoxy) is 2. The van der Waals surface area contributed by atoms with Crippen LogP contribution < -0.4 is 9.61 Å². The van der Waals surface area contributed by atoms with E-state index in [0.717, 1.165) is 0 Å². The van der Waals surface area contributed by atoms with Gasteiger partial charge in [0.15, 0.2) is 17.5 Å². The fraction of sp³-hybridized carbons (Fsp3) is 0.500. The number of aliphatic hydroxyl groups excluding tert-OH is 1. The lowest BCUT2D eigenvalue weighted by Crippen LogP contribution is -2.41. The summed E-state index contributed by atoms with van der Waals surface area (Å²) in [6.45, 7) is 7.15. The Balaban J connectivity index is 1.54. The van der Waals surface area contributed by atoms with Crippen molar-refractivity contribution in [3.8, 4) is 5.75 Å². The summed E-state index contributed by atoms with van der Waals surface area (Å²) in [6.07, 6.45) is -1.76. The first-order valence-electron chi connectivity index (χ1n) is 12.1. The van der Waals surface area contributed by atoms with E-state index in [0.29, 0.717) is 17.0 Å². The number of aryl methyl sites for hydroxylation is 1. The molecule has 0 amide bonds. The van der Waals surface area contributed by atoms with Crippen LogP contribution in [-0.4, -0.2) is 67.2 Å². The molecule has 0 bridgehead atoms. The largest absolute Gasteiger partial charge is 0.462 e. The van der Waals surface area contributed by atoms with E-state index in [1.54, 1.807) is 51.1 Å². The first kappa shape index (κ1) is 28.1. The van der Waals surface area contributed by atoms with Crippen molar-refractivity contribution in [1.29, 1.82) is 0 Å². The molecule has 1 saturated heterocycles. The normalized spacial score (nSPS) is 25.8. The molecule has 12 nitrogen and oxygen atoms in total. The molecule has 1 unspecified atom stereocenters. The Morgan fingerprint density at radius 3 is 2.68 bits per heavy atom. The van der Waals surface area contributed by atoms with Crippen LogP contribution in [0.4, 0.5) is 4.39 Å². The maximum atomic E-state index is 15.8. The molecule has 14 heteroatoms. The molecular weight excluding hydrogens is 520 g/mol. The maximum Gasteiger partial charge on any atom is 0.459 e. The van der Waals surface area contributed by atoms with Crippen LogP contribution in [0, 0.1) is 6.92 Å². The Hall–Kier alpha value is -2.96. The highest BCUT2D eigenvalue weighted by Gasteiger charge is 2.56. The molecule has 0 saturated carbocycles. The van der Waals surface area contributed by atoms with Crippen LogP contribution in [0.2, 0.25) is 0 Å². The summed E-state index contributed by atoms with van der Waals surface area (Å²) < 4.78 is 53.1. The van der Waals surface area contributed by atoms with Gasteiger partial charge in [0.2, 0.25) is 0 Å². The van der Waals surface area contributed by atoms with Gasteiger partial charge in [-0.15, -0.1) is 0 Å². The number of rotatable bonds is 10. The van der Waals surface area contributed by atoms with E-state index in [1.807, 2.05) is 0 Å². The van der Waals surface area contributed by atoms with Gasteiger partial charge in [-0.1, -0.05) is 18.2 Å². The van der Waals surface area contributed by atoms with E-state index in [1.165, 1.54) is 30.9 Å². The predicted octanol–water partition coefficient (Wildman–Crippen LogP) is 3.25. The summed E-state index contributed by atoms with van der Waals surface area (Å²) in [5.74, 6) is -0.0134. The highest BCUT2D eigenvalue weighted by atomic mass is 31.2. The zero-order valence-electron chi connectivity index (χ0n) is 21.6. The SMILES string of the molecule is Cc1ncc2ncn([C@@H]3O[C@H](CO[P@](=O)(NC(C)C(=O)OC(C)C)Oc4ccccc4)[C@@H](O)[C@@]3(C)F)c2n1. The van der Waals surface area contributed by atoms with Crippen molar-refractivity contribution in [2.75, 3.05) is 6.61 Å². The van der Waals surface area contributed by atoms with Crippen molar-refractivity contribution in [2.45, 2.75) is 70.9 Å². The maximum absolute atomic E-state index is 15.8. The molecule has 6 atom stereocenters. The van der Waals surface area contributed by atoms with Gasteiger partial charge in [-0.2, -0.15) is 5.09 Å². The smallest absolute Gasteiger partial charge is 0.459 e. The Bertz CT molecular complexity index is 1320. The zero-order chi connectivity index (χ0) is 27.7. The Morgan fingerprint density at radius 2 is 2.00 bits per heavy atom. The Kier molecular flexibility index (Phi) is 8.15. The average molecular weight is 552 g/mol. The second-order valence-corrected chi connectivity index (χ2v) is 11.1. The molecule has 1 aromatic carbocycles. The second-order valence-electron chi connectivity index (χ2n) is 9.43. The summed E-state index contributed by atoms with van der Waals surface area (Å²) in [5.41, 5.74) is -1.53. The minimum Gasteiger partial charge on any atom is -0.462 e. The molecule has 1 aliphatic rings. The summed E-state index contributed by atoms with van der Waals surface area (Å²) >= 11 is 0. The predicted molar refractivity (Wildman–Crippen MR) is 134 cm³/mol. The Morgan fingerprint density at radius 1 is 1.29 bits per heavy atom. The van der Waals surface area contributed by atoms with Crippen LogP contribution in [0.5, 0.6) is 5.75 Å². The number of para-hydroxylation sites is 1. The van der Waals surface area contributed by atoms with Crippen molar-refractivity contribution in [3.63, 3.8) is 0 Å². The first-order chi connectivity index (χ1) is 17.9. The molecule has 2 aromatic heterocycles. The van der Waals surface area contributed by atoms with E-state index in [4.69, 9.17) is 18.5 Å². The number of aliphatic hydroxyl groups is 1. The number of hydrogen-bond acceptors (Lipinski definition) is 10. The summed E-state index contributed by atoms with van der Waals surface area (Å²) in [4.78, 5) is 24.9. The quantitative estimate of drug-likeness (QED) is 0.283. The highest BCUT2D eigenvalue weighted by Crippen LogP contribution is 2.48. The fourth-order valence-corrected chi connectivity index (χ4v) is 5.44. The molecule has 3 aromatic rings. The van der Waals surface area contributed by atoms with Gasteiger partial charge < -0.3 is 19.1 Å². The van der Waals surface area contributed by atoms with Gasteiger partial charge in [0.25, 0.3) is 0 Å². The zero-order valence-corrected chi connectivity index (χ0v) is 22.5. The number of nitrogens with zero attached hydrogens (tertiary/aromatic N) is 4. The molecular formula is C24H31FN5O7P. The minimum absolute atomic E-state index is 0.203. The van der Waals surface area contributed by atoms with Gasteiger partial charge in [0, 0.05) is 0 Å². The van der Waals surface area contributed by atoms with E-state index >= 15 is 4.39 Å². The van der Waals surface area contributed by atoms with Crippen molar-refractivity contribution < 1.29 is 37.4 Å². The van der Waals surface area contributed by atoms with Crippen molar-refractivity contribution in [2.24, 2.45) is 0 Å². The van der Waals surface area contributed by atoms with E-state index in [9.17, 15) is 14.5 Å². The summed E-state index contributed by atoms with van der Waals surface area (Å²) in [7, 11) is -4.25. The lowest BCUT2D eigenvalue weighted by atomic mass is 9.98. The van der Waals surface area contributed by atoms with Crippen LogP contribution >= 0.6 is 7.75 Å². The average Bonchev–Trinajstić information content (AvgIpc) is 3.35. The van der Waals surface area contributed by atoms with Crippen molar-refractivity contribution in [3.05, 3.63) is 48.7 Å². The number of fused-ring (bicyclic) bond motifs is 1. The van der Waals surface area contributed by atoms with Crippen LogP contribution in [0.15, 0.2) is 42.9 Å². The molecule has 4 rings (SSSR count). The molecule has 0 aliphatic carbocycles. The van der Waals surface area contributed by atoms with Crippen LogP contribution in [0.3, 0.4) is 0 Å². The summed E-state index contributed by atoms with van der Waals surface area (Å²) in [5, 5.41) is 13.3. The number of esters is 1. The molecule has 1 aliphatic heterocycles. The number of carbonyl (C=O) groups excluding carboxylic acids is 1. The molecule has 1 fully saturated rings. The molecule has 2 N–H and O–H groups in total. The number of nitrogens with one attached hydrogen (secondary N) is 1. The molecule has 206 valence electrons.